The van der Waals surface area contributed by atoms with E-state index >= 15 is 0 Å². The largest absolute Gasteiger partial charge is 0.416 e. The van der Waals surface area contributed by atoms with E-state index in [0.29, 0.717) is 11.8 Å². The van der Waals surface area contributed by atoms with E-state index in [1.807, 2.05) is 0 Å². The number of amides is 1. The number of anilines is 1. The number of piperidine rings is 1. The summed E-state index contributed by atoms with van der Waals surface area (Å²) in [5, 5.41) is 2.61. The number of nitrogens with one attached hydrogen (secondary N) is 2. The van der Waals surface area contributed by atoms with E-state index < -0.39 is 11.7 Å². The number of quaternary nitrogens is 1. The molecule has 1 heterocycles. The van der Waals surface area contributed by atoms with Crippen LogP contribution in [0.1, 0.15) is 25.8 Å². The van der Waals surface area contributed by atoms with Gasteiger partial charge < -0.3 is 10.2 Å². The smallest absolute Gasteiger partial charge is 0.327 e. The second kappa shape index (κ2) is 7.09. The first kappa shape index (κ1) is 18.1. The highest BCUT2D eigenvalue weighted by molar-refractivity contribution is 6.33. The van der Waals surface area contributed by atoms with Crippen LogP contribution in [0.3, 0.4) is 0 Å². The van der Waals surface area contributed by atoms with Crippen molar-refractivity contribution in [1.82, 2.24) is 0 Å². The predicted octanol–water partition coefficient (Wildman–Crippen LogP) is 2.86. The number of hydrogen-bond acceptors (Lipinski definition) is 1. The molecule has 1 amide bonds. The molecule has 7 heteroatoms. The van der Waals surface area contributed by atoms with Gasteiger partial charge in [-0.1, -0.05) is 25.4 Å². The fourth-order valence-electron chi connectivity index (χ4n) is 3.29. The van der Waals surface area contributed by atoms with Crippen LogP contribution in [0.15, 0.2) is 18.2 Å². The molecule has 1 aromatic rings. The van der Waals surface area contributed by atoms with Crippen molar-refractivity contribution >= 4 is 23.2 Å². The summed E-state index contributed by atoms with van der Waals surface area (Å²) in [6.45, 7) is 6.33. The summed E-state index contributed by atoms with van der Waals surface area (Å²) in [7, 11) is 0. The van der Waals surface area contributed by atoms with Gasteiger partial charge in [-0.3, -0.25) is 4.79 Å². The Labute approximate surface area is 138 Å². The number of alkyl halides is 3. The molecule has 0 spiro atoms. The van der Waals surface area contributed by atoms with E-state index in [9.17, 15) is 18.0 Å². The Balaban J connectivity index is 2.02. The molecular formula is C16H21ClF3N2O+. The van der Waals surface area contributed by atoms with Crippen molar-refractivity contribution in [3.05, 3.63) is 28.8 Å². The van der Waals surface area contributed by atoms with Gasteiger partial charge in [-0.25, -0.2) is 0 Å². The molecule has 0 aliphatic carbocycles. The van der Waals surface area contributed by atoms with Crippen molar-refractivity contribution in [2.45, 2.75) is 26.4 Å². The molecule has 2 rings (SSSR count). The number of hydrogen-bond donors (Lipinski definition) is 2. The number of carbonyl (C=O) groups is 1. The molecule has 2 N–H and O–H groups in total. The monoisotopic (exact) mass is 349 g/mol. The number of carbonyl (C=O) groups excluding carboxylic acids is 1. The van der Waals surface area contributed by atoms with Crippen LogP contribution < -0.4 is 10.2 Å². The number of likely N-dealkylation sites (tertiary alicyclic amines) is 1. The molecule has 0 bridgehead atoms. The van der Waals surface area contributed by atoms with Gasteiger partial charge in [0.25, 0.3) is 5.91 Å². The van der Waals surface area contributed by atoms with Crippen LogP contribution in [0.5, 0.6) is 0 Å². The van der Waals surface area contributed by atoms with E-state index in [1.54, 1.807) is 0 Å². The molecule has 23 heavy (non-hydrogen) atoms. The molecular weight excluding hydrogens is 329 g/mol. The summed E-state index contributed by atoms with van der Waals surface area (Å²) in [5.74, 6) is 0.764. The first-order valence-corrected chi connectivity index (χ1v) is 8.03. The van der Waals surface area contributed by atoms with Crippen LogP contribution in [0.25, 0.3) is 0 Å². The third-order valence-corrected chi connectivity index (χ3v) is 4.39. The molecule has 0 saturated carbocycles. The van der Waals surface area contributed by atoms with Crippen LogP contribution in [0.4, 0.5) is 18.9 Å². The zero-order valence-electron chi connectivity index (χ0n) is 13.1. The molecule has 0 radical (unpaired) electrons. The predicted molar refractivity (Wildman–Crippen MR) is 83.6 cm³/mol. The standard InChI is InChI=1S/C16H20ClF3N2O/c1-10-5-11(2)8-22(7-10)9-15(23)21-14-6-12(16(18,19)20)3-4-13(14)17/h3-4,6,10-11H,5,7-9H2,1-2H3,(H,21,23)/p+1/t10-,11-/m1/s1. The highest BCUT2D eigenvalue weighted by Crippen LogP contribution is 2.33. The quantitative estimate of drug-likeness (QED) is 0.864. The SMILES string of the molecule is C[C@@H]1C[C@@H](C)C[NH+](CC(=O)Nc2cc(C(F)(F)F)ccc2Cl)C1. The molecule has 0 unspecified atom stereocenters. The second-order valence-electron chi connectivity index (χ2n) is 6.52. The van der Waals surface area contributed by atoms with Crippen molar-refractivity contribution in [3.63, 3.8) is 0 Å². The summed E-state index contributed by atoms with van der Waals surface area (Å²) in [5.41, 5.74) is -0.825. The van der Waals surface area contributed by atoms with Crippen LogP contribution in [-0.4, -0.2) is 25.5 Å². The lowest BCUT2D eigenvalue weighted by Gasteiger charge is -2.31. The zero-order chi connectivity index (χ0) is 17.2. The van der Waals surface area contributed by atoms with E-state index in [-0.39, 0.29) is 23.2 Å². The number of halogens is 4. The van der Waals surface area contributed by atoms with Gasteiger partial charge in [0.15, 0.2) is 6.54 Å². The lowest BCUT2D eigenvalue weighted by molar-refractivity contribution is -0.904. The van der Waals surface area contributed by atoms with Crippen LogP contribution >= 0.6 is 11.6 Å². The molecule has 1 aromatic carbocycles. The fourth-order valence-corrected chi connectivity index (χ4v) is 3.45. The molecule has 2 atom stereocenters. The first-order valence-electron chi connectivity index (χ1n) is 7.65. The molecule has 1 fully saturated rings. The maximum absolute atomic E-state index is 12.7. The van der Waals surface area contributed by atoms with Crippen molar-refractivity contribution < 1.29 is 22.9 Å². The first-order chi connectivity index (χ1) is 10.6. The maximum Gasteiger partial charge on any atom is 0.416 e. The third kappa shape index (κ3) is 5.11. The fraction of sp³-hybridized carbons (Fsp3) is 0.562. The molecule has 0 aromatic heterocycles. The summed E-state index contributed by atoms with van der Waals surface area (Å²) in [6, 6.07) is 2.92. The lowest BCUT2D eigenvalue weighted by Crippen LogP contribution is -3.15. The lowest BCUT2D eigenvalue weighted by atomic mass is 9.92. The van der Waals surface area contributed by atoms with Crippen molar-refractivity contribution in [2.24, 2.45) is 11.8 Å². The molecule has 1 aliphatic heterocycles. The molecule has 3 nitrogen and oxygen atoms in total. The summed E-state index contributed by atoms with van der Waals surface area (Å²) in [4.78, 5) is 13.3. The molecule has 1 saturated heterocycles. The van der Waals surface area contributed by atoms with Gasteiger partial charge >= 0.3 is 6.18 Å². The van der Waals surface area contributed by atoms with Gasteiger partial charge in [-0.2, -0.15) is 13.2 Å². The van der Waals surface area contributed by atoms with Crippen LogP contribution in [-0.2, 0) is 11.0 Å². The van der Waals surface area contributed by atoms with Crippen LogP contribution in [0, 0.1) is 11.8 Å². The Hall–Kier alpha value is -1.27. The Bertz CT molecular complexity index is 567. The average molecular weight is 350 g/mol. The van der Waals surface area contributed by atoms with Crippen molar-refractivity contribution in [1.29, 1.82) is 0 Å². The Morgan fingerprint density at radius 2 is 1.91 bits per heavy atom. The Morgan fingerprint density at radius 3 is 2.48 bits per heavy atom. The van der Waals surface area contributed by atoms with E-state index in [1.165, 1.54) is 0 Å². The number of benzene rings is 1. The van der Waals surface area contributed by atoms with Crippen molar-refractivity contribution in [2.75, 3.05) is 25.0 Å². The van der Waals surface area contributed by atoms with E-state index in [0.717, 1.165) is 42.6 Å². The van der Waals surface area contributed by atoms with E-state index in [2.05, 4.69) is 19.2 Å². The Morgan fingerprint density at radius 1 is 1.30 bits per heavy atom. The topological polar surface area (TPSA) is 33.5 Å². The van der Waals surface area contributed by atoms with Gasteiger partial charge in [-0.15, -0.1) is 0 Å². The minimum Gasteiger partial charge on any atom is -0.327 e. The van der Waals surface area contributed by atoms with Gasteiger partial charge in [0.05, 0.1) is 29.4 Å². The average Bonchev–Trinajstić information content (AvgIpc) is 2.38. The highest BCUT2D eigenvalue weighted by atomic mass is 35.5. The number of rotatable bonds is 3. The van der Waals surface area contributed by atoms with Gasteiger partial charge in [0, 0.05) is 11.8 Å². The minimum absolute atomic E-state index is 0.00370. The minimum atomic E-state index is -4.47. The van der Waals surface area contributed by atoms with Gasteiger partial charge in [0.2, 0.25) is 0 Å². The summed E-state index contributed by atoms with van der Waals surface area (Å²) >= 11 is 5.89. The van der Waals surface area contributed by atoms with E-state index in [4.69, 9.17) is 11.6 Å². The maximum atomic E-state index is 12.7. The van der Waals surface area contributed by atoms with Gasteiger partial charge in [-0.05, 0) is 24.6 Å². The van der Waals surface area contributed by atoms with Gasteiger partial charge in [0.1, 0.15) is 0 Å². The summed E-state index contributed by atoms with van der Waals surface area (Å²) in [6.07, 6.45) is -3.32. The highest BCUT2D eigenvalue weighted by Gasteiger charge is 2.31. The summed E-state index contributed by atoms with van der Waals surface area (Å²) < 4.78 is 38.2. The normalized spacial score (nSPS) is 25.2. The Kier molecular flexibility index (Phi) is 5.57. The van der Waals surface area contributed by atoms with Crippen molar-refractivity contribution in [3.8, 4) is 0 Å². The zero-order valence-corrected chi connectivity index (χ0v) is 13.9. The molecule has 1 aliphatic rings. The molecule has 128 valence electrons. The third-order valence-electron chi connectivity index (χ3n) is 4.06. The second-order valence-corrected chi connectivity index (χ2v) is 6.93. The van der Waals surface area contributed by atoms with Crippen LogP contribution in [0.2, 0.25) is 5.02 Å².